The smallest absolute Gasteiger partial charge is 0.251 e. The first-order valence-electron chi connectivity index (χ1n) is 6.95. The quantitative estimate of drug-likeness (QED) is 0.905. The molecule has 1 aliphatic heterocycles. The predicted octanol–water partition coefficient (Wildman–Crippen LogP) is 3.42. The molecule has 0 unspecified atom stereocenters. The first-order chi connectivity index (χ1) is 9.56. The van der Waals surface area contributed by atoms with Crippen LogP contribution in [0.3, 0.4) is 0 Å². The molecule has 3 heteroatoms. The van der Waals surface area contributed by atoms with Crippen LogP contribution in [0.5, 0.6) is 0 Å². The molecule has 0 saturated heterocycles. The zero-order valence-corrected chi connectivity index (χ0v) is 12.0. The lowest BCUT2D eigenvalue weighted by atomic mass is 9.98. The summed E-state index contributed by atoms with van der Waals surface area (Å²) >= 11 is 0. The molecule has 0 atom stereocenters. The van der Waals surface area contributed by atoms with Crippen molar-refractivity contribution in [1.29, 1.82) is 0 Å². The number of benzene rings is 1. The van der Waals surface area contributed by atoms with Crippen molar-refractivity contribution in [3.8, 4) is 11.1 Å². The molecule has 0 spiro atoms. The van der Waals surface area contributed by atoms with Crippen molar-refractivity contribution in [2.24, 2.45) is 0 Å². The van der Waals surface area contributed by atoms with Crippen molar-refractivity contribution >= 4 is 5.91 Å². The Morgan fingerprint density at radius 2 is 1.90 bits per heavy atom. The van der Waals surface area contributed by atoms with E-state index in [0.29, 0.717) is 12.5 Å². The molecule has 2 heterocycles. The molecule has 20 heavy (non-hydrogen) atoms. The molecule has 0 aliphatic carbocycles. The van der Waals surface area contributed by atoms with E-state index in [4.69, 9.17) is 0 Å². The molecule has 1 N–H and O–H groups in total. The van der Waals surface area contributed by atoms with Gasteiger partial charge in [0.1, 0.15) is 0 Å². The summed E-state index contributed by atoms with van der Waals surface area (Å²) in [6.45, 7) is 6.96. The van der Waals surface area contributed by atoms with Crippen LogP contribution >= 0.6 is 0 Å². The topological polar surface area (TPSA) is 42.0 Å². The number of pyridine rings is 1. The average molecular weight is 266 g/mol. The highest BCUT2D eigenvalue weighted by atomic mass is 16.1. The zero-order chi connectivity index (χ0) is 14.3. The van der Waals surface area contributed by atoms with Gasteiger partial charge in [0.05, 0.1) is 0 Å². The Hall–Kier alpha value is -2.16. The molecule has 1 aromatic carbocycles. The summed E-state index contributed by atoms with van der Waals surface area (Å²) in [6, 6.07) is 10.2. The number of hydrogen-bond donors (Lipinski definition) is 1. The molecule has 3 rings (SSSR count). The number of nitrogens with one attached hydrogen (secondary N) is 1. The van der Waals surface area contributed by atoms with Crippen LogP contribution in [0.15, 0.2) is 30.3 Å². The van der Waals surface area contributed by atoms with Crippen molar-refractivity contribution in [1.82, 2.24) is 10.3 Å². The summed E-state index contributed by atoms with van der Waals surface area (Å²) in [5, 5.41) is 2.85. The number of nitrogens with zero attached hydrogens (tertiary/aromatic N) is 1. The number of carbonyl (C=O) groups is 1. The van der Waals surface area contributed by atoms with E-state index in [1.807, 2.05) is 19.1 Å². The van der Waals surface area contributed by atoms with E-state index in [-0.39, 0.29) is 5.91 Å². The van der Waals surface area contributed by atoms with Crippen molar-refractivity contribution in [3.05, 3.63) is 52.8 Å². The van der Waals surface area contributed by atoms with Gasteiger partial charge in [0, 0.05) is 29.1 Å². The largest absolute Gasteiger partial charge is 0.348 e. The Kier molecular flexibility index (Phi) is 3.05. The van der Waals surface area contributed by atoms with Gasteiger partial charge in [-0.05, 0) is 42.2 Å². The van der Waals surface area contributed by atoms with E-state index in [0.717, 1.165) is 33.6 Å². The summed E-state index contributed by atoms with van der Waals surface area (Å²) in [4.78, 5) is 16.3. The highest BCUT2D eigenvalue weighted by molar-refractivity contribution is 5.98. The number of amides is 1. The van der Waals surface area contributed by atoms with Crippen LogP contribution in [0.4, 0.5) is 0 Å². The van der Waals surface area contributed by atoms with Gasteiger partial charge in [0.15, 0.2) is 0 Å². The SMILES string of the molecule is Cc1nc(C(C)C)ccc1-c1ccc2c(c1)CNC2=O. The second-order valence-electron chi connectivity index (χ2n) is 5.58. The minimum Gasteiger partial charge on any atom is -0.348 e. The van der Waals surface area contributed by atoms with Gasteiger partial charge in [0.25, 0.3) is 5.91 Å². The maximum Gasteiger partial charge on any atom is 0.251 e. The van der Waals surface area contributed by atoms with Crippen LogP contribution < -0.4 is 5.32 Å². The van der Waals surface area contributed by atoms with Crippen molar-refractivity contribution < 1.29 is 4.79 Å². The third-order valence-electron chi connectivity index (χ3n) is 3.80. The molecule has 0 bridgehead atoms. The molecule has 0 radical (unpaired) electrons. The lowest BCUT2D eigenvalue weighted by Gasteiger charge is -2.11. The van der Waals surface area contributed by atoms with Crippen LogP contribution in [0, 0.1) is 6.92 Å². The minimum absolute atomic E-state index is 0.0246. The Morgan fingerprint density at radius 3 is 2.60 bits per heavy atom. The van der Waals surface area contributed by atoms with Gasteiger partial charge in [-0.1, -0.05) is 26.0 Å². The first kappa shape index (κ1) is 12.9. The van der Waals surface area contributed by atoms with E-state index in [2.05, 4.69) is 42.3 Å². The van der Waals surface area contributed by atoms with Crippen LogP contribution in [0.25, 0.3) is 11.1 Å². The lowest BCUT2D eigenvalue weighted by molar-refractivity contribution is 0.0966. The number of rotatable bonds is 2. The van der Waals surface area contributed by atoms with Gasteiger partial charge in [-0.25, -0.2) is 0 Å². The lowest BCUT2D eigenvalue weighted by Crippen LogP contribution is -2.12. The Bertz CT molecular complexity index is 689. The van der Waals surface area contributed by atoms with Crippen molar-refractivity contribution in [2.45, 2.75) is 33.2 Å². The Balaban J connectivity index is 2.04. The second kappa shape index (κ2) is 4.75. The average Bonchev–Trinajstić information content (AvgIpc) is 2.79. The van der Waals surface area contributed by atoms with Crippen LogP contribution in [0.1, 0.15) is 47.1 Å². The summed E-state index contributed by atoms with van der Waals surface area (Å²) < 4.78 is 0. The van der Waals surface area contributed by atoms with Crippen LogP contribution in [-0.4, -0.2) is 10.9 Å². The van der Waals surface area contributed by atoms with Crippen molar-refractivity contribution in [3.63, 3.8) is 0 Å². The fourth-order valence-corrected chi connectivity index (χ4v) is 2.61. The van der Waals surface area contributed by atoms with Gasteiger partial charge >= 0.3 is 0 Å². The molecule has 1 amide bonds. The maximum absolute atomic E-state index is 11.6. The summed E-state index contributed by atoms with van der Waals surface area (Å²) in [6.07, 6.45) is 0. The Labute approximate surface area is 119 Å². The molecular formula is C17H18N2O. The standard InChI is InChI=1S/C17H18N2O/c1-10(2)16-7-6-14(11(3)19-16)12-4-5-15-13(8-12)9-18-17(15)20/h4-8,10H,9H2,1-3H3,(H,18,20). The maximum atomic E-state index is 11.6. The molecule has 3 nitrogen and oxygen atoms in total. The van der Waals surface area contributed by atoms with Gasteiger partial charge in [-0.2, -0.15) is 0 Å². The summed E-state index contributed by atoms with van der Waals surface area (Å²) in [7, 11) is 0. The molecule has 1 aliphatic rings. The molecule has 2 aromatic rings. The van der Waals surface area contributed by atoms with E-state index in [1.54, 1.807) is 0 Å². The third kappa shape index (κ3) is 2.09. The van der Waals surface area contributed by atoms with E-state index >= 15 is 0 Å². The van der Waals surface area contributed by atoms with E-state index in [9.17, 15) is 4.79 Å². The number of aryl methyl sites for hydroxylation is 1. The monoisotopic (exact) mass is 266 g/mol. The fraction of sp³-hybridized carbons (Fsp3) is 0.294. The molecule has 0 saturated carbocycles. The van der Waals surface area contributed by atoms with E-state index in [1.165, 1.54) is 0 Å². The molecule has 0 fully saturated rings. The van der Waals surface area contributed by atoms with Gasteiger partial charge in [0.2, 0.25) is 0 Å². The number of fused-ring (bicyclic) bond motifs is 1. The van der Waals surface area contributed by atoms with Gasteiger partial charge in [-0.15, -0.1) is 0 Å². The summed E-state index contributed by atoms with van der Waals surface area (Å²) in [5.41, 5.74) is 6.27. The number of aromatic nitrogens is 1. The van der Waals surface area contributed by atoms with Gasteiger partial charge in [-0.3, -0.25) is 9.78 Å². The minimum atomic E-state index is 0.0246. The predicted molar refractivity (Wildman–Crippen MR) is 79.7 cm³/mol. The highest BCUT2D eigenvalue weighted by Crippen LogP contribution is 2.28. The Morgan fingerprint density at radius 1 is 1.15 bits per heavy atom. The zero-order valence-electron chi connectivity index (χ0n) is 12.0. The van der Waals surface area contributed by atoms with E-state index < -0.39 is 0 Å². The first-order valence-corrected chi connectivity index (χ1v) is 6.95. The van der Waals surface area contributed by atoms with Gasteiger partial charge < -0.3 is 5.32 Å². The number of carbonyl (C=O) groups excluding carboxylic acids is 1. The molecular weight excluding hydrogens is 248 g/mol. The molecule has 1 aromatic heterocycles. The van der Waals surface area contributed by atoms with Crippen LogP contribution in [-0.2, 0) is 6.54 Å². The van der Waals surface area contributed by atoms with Crippen LogP contribution in [0.2, 0.25) is 0 Å². The fourth-order valence-electron chi connectivity index (χ4n) is 2.61. The number of hydrogen-bond acceptors (Lipinski definition) is 2. The second-order valence-corrected chi connectivity index (χ2v) is 5.58. The summed E-state index contributed by atoms with van der Waals surface area (Å²) in [5.74, 6) is 0.459. The highest BCUT2D eigenvalue weighted by Gasteiger charge is 2.19. The third-order valence-corrected chi connectivity index (χ3v) is 3.80. The molecule has 102 valence electrons. The van der Waals surface area contributed by atoms with Crippen molar-refractivity contribution in [2.75, 3.05) is 0 Å². The normalized spacial score (nSPS) is 13.5.